The molecule has 0 atom stereocenters. The van der Waals surface area contributed by atoms with Crippen molar-refractivity contribution in [3.63, 3.8) is 0 Å². The fourth-order valence-electron chi connectivity index (χ4n) is 2.45. The molecule has 0 fully saturated rings. The van der Waals surface area contributed by atoms with Crippen molar-refractivity contribution in [1.82, 2.24) is 19.5 Å². The van der Waals surface area contributed by atoms with E-state index in [-0.39, 0.29) is 12.5 Å². The Bertz CT molecular complexity index is 920. The summed E-state index contributed by atoms with van der Waals surface area (Å²) >= 11 is 5.81. The van der Waals surface area contributed by atoms with Crippen molar-refractivity contribution >= 4 is 23.2 Å². The van der Waals surface area contributed by atoms with Gasteiger partial charge in [-0.2, -0.15) is 0 Å². The molecule has 0 aliphatic heterocycles. The Kier molecular flexibility index (Phi) is 5.18. The summed E-state index contributed by atoms with van der Waals surface area (Å²) in [5.41, 5.74) is 2.41. The molecule has 0 spiro atoms. The lowest BCUT2D eigenvalue weighted by Gasteiger charge is -2.09. The van der Waals surface area contributed by atoms with E-state index in [0.717, 1.165) is 17.2 Å². The number of aromatic nitrogens is 4. The van der Waals surface area contributed by atoms with Crippen LogP contribution in [0.2, 0.25) is 5.02 Å². The topological polar surface area (TPSA) is 81.9 Å². The summed E-state index contributed by atoms with van der Waals surface area (Å²) in [7, 11) is 0. The van der Waals surface area contributed by atoms with Crippen LogP contribution in [0.1, 0.15) is 17.2 Å². The van der Waals surface area contributed by atoms with Gasteiger partial charge in [-0.15, -0.1) is 0 Å². The highest BCUT2D eigenvalue weighted by molar-refractivity contribution is 6.30. The average Bonchev–Trinajstić information content (AvgIpc) is 2.87. The summed E-state index contributed by atoms with van der Waals surface area (Å²) in [6.07, 6.45) is 3.10. The Morgan fingerprint density at radius 3 is 2.38 bits per heavy atom. The molecule has 1 amide bonds. The molecule has 0 radical (unpaired) electrons. The van der Waals surface area contributed by atoms with Gasteiger partial charge < -0.3 is 10.1 Å². The van der Waals surface area contributed by atoms with Crippen LogP contribution in [0.25, 0.3) is 5.95 Å². The summed E-state index contributed by atoms with van der Waals surface area (Å²) in [5.74, 6) is 1.59. The minimum Gasteiger partial charge on any atom is -0.484 e. The van der Waals surface area contributed by atoms with E-state index in [0.29, 0.717) is 22.4 Å². The highest BCUT2D eigenvalue weighted by Gasteiger charge is 2.12. The smallest absolute Gasteiger partial charge is 0.262 e. The highest BCUT2D eigenvalue weighted by Crippen LogP contribution is 2.16. The van der Waals surface area contributed by atoms with E-state index >= 15 is 0 Å². The molecule has 7 nitrogen and oxygen atoms in total. The van der Waals surface area contributed by atoms with Gasteiger partial charge in [-0.3, -0.25) is 9.36 Å². The Labute approximate surface area is 156 Å². The van der Waals surface area contributed by atoms with Crippen molar-refractivity contribution in [2.24, 2.45) is 0 Å². The number of hydrogen-bond acceptors (Lipinski definition) is 5. The number of amides is 1. The van der Waals surface area contributed by atoms with Crippen LogP contribution in [0.4, 0.5) is 5.69 Å². The van der Waals surface area contributed by atoms with Gasteiger partial charge in [0.15, 0.2) is 6.61 Å². The summed E-state index contributed by atoms with van der Waals surface area (Å²) in [4.78, 5) is 25.0. The molecule has 2 heterocycles. The number of halogens is 1. The number of rotatable bonds is 5. The molecule has 134 valence electrons. The maximum atomic E-state index is 12.0. The normalized spacial score (nSPS) is 10.6. The Hall–Kier alpha value is -2.93. The lowest BCUT2D eigenvalue weighted by Crippen LogP contribution is -2.20. The minimum absolute atomic E-state index is 0.123. The van der Waals surface area contributed by atoms with Crippen LogP contribution in [-0.2, 0) is 4.79 Å². The van der Waals surface area contributed by atoms with Crippen LogP contribution in [-0.4, -0.2) is 32.0 Å². The Morgan fingerprint density at radius 1 is 1.15 bits per heavy atom. The number of ether oxygens (including phenoxy) is 1. The van der Waals surface area contributed by atoms with Gasteiger partial charge in [-0.25, -0.2) is 15.0 Å². The SMILES string of the molecule is Cc1nc(C)n(-c2ncc(NC(=O)COc3ccc(Cl)cc3)cn2)c1C. The third kappa shape index (κ3) is 4.00. The number of carbonyl (C=O) groups is 1. The minimum atomic E-state index is -0.304. The lowest BCUT2D eigenvalue weighted by molar-refractivity contribution is -0.118. The molecule has 8 heteroatoms. The third-order valence-corrected chi connectivity index (χ3v) is 4.07. The third-order valence-electron chi connectivity index (χ3n) is 3.82. The van der Waals surface area contributed by atoms with Gasteiger partial charge in [0.1, 0.15) is 11.6 Å². The molecule has 0 aliphatic carbocycles. The van der Waals surface area contributed by atoms with E-state index in [1.165, 1.54) is 0 Å². The zero-order chi connectivity index (χ0) is 18.7. The van der Waals surface area contributed by atoms with E-state index in [9.17, 15) is 4.79 Å². The number of carbonyl (C=O) groups excluding carboxylic acids is 1. The molecule has 1 N–H and O–H groups in total. The van der Waals surface area contributed by atoms with Crippen LogP contribution in [0, 0.1) is 20.8 Å². The number of nitrogens with one attached hydrogen (secondary N) is 1. The number of benzene rings is 1. The van der Waals surface area contributed by atoms with E-state index < -0.39 is 0 Å². The van der Waals surface area contributed by atoms with Gasteiger partial charge in [-0.1, -0.05) is 11.6 Å². The van der Waals surface area contributed by atoms with E-state index in [2.05, 4.69) is 20.3 Å². The van der Waals surface area contributed by atoms with E-state index in [1.54, 1.807) is 36.7 Å². The number of aryl methyl sites for hydroxylation is 2. The highest BCUT2D eigenvalue weighted by atomic mass is 35.5. The number of nitrogens with zero attached hydrogens (tertiary/aromatic N) is 4. The quantitative estimate of drug-likeness (QED) is 0.744. The monoisotopic (exact) mass is 371 g/mol. The standard InChI is InChI=1S/C18H18ClN5O2/c1-11-12(2)24(13(3)22-11)18-20-8-15(9-21-18)23-17(25)10-26-16-6-4-14(19)5-7-16/h4-9H,10H2,1-3H3,(H,23,25). The van der Waals surface area contributed by atoms with Crippen LogP contribution < -0.4 is 10.1 Å². The predicted molar refractivity (Wildman–Crippen MR) is 98.9 cm³/mol. The molecule has 0 bridgehead atoms. The predicted octanol–water partition coefficient (Wildman–Crippen LogP) is 3.26. The maximum Gasteiger partial charge on any atom is 0.262 e. The van der Waals surface area contributed by atoms with Crippen molar-refractivity contribution in [3.05, 3.63) is 58.9 Å². The fourth-order valence-corrected chi connectivity index (χ4v) is 2.58. The second kappa shape index (κ2) is 7.53. The van der Waals surface area contributed by atoms with Crippen molar-refractivity contribution in [1.29, 1.82) is 0 Å². The lowest BCUT2D eigenvalue weighted by atomic mass is 10.3. The first-order valence-electron chi connectivity index (χ1n) is 7.97. The van der Waals surface area contributed by atoms with Crippen LogP contribution in [0.15, 0.2) is 36.7 Å². The summed E-state index contributed by atoms with van der Waals surface area (Å²) in [5, 5.41) is 3.31. The molecule has 0 unspecified atom stereocenters. The zero-order valence-electron chi connectivity index (χ0n) is 14.7. The molecule has 3 rings (SSSR count). The average molecular weight is 372 g/mol. The summed E-state index contributed by atoms with van der Waals surface area (Å²) < 4.78 is 7.26. The van der Waals surface area contributed by atoms with Gasteiger partial charge in [0, 0.05) is 10.7 Å². The van der Waals surface area contributed by atoms with Crippen molar-refractivity contribution < 1.29 is 9.53 Å². The van der Waals surface area contributed by atoms with Gasteiger partial charge in [0.2, 0.25) is 5.95 Å². The van der Waals surface area contributed by atoms with Gasteiger partial charge in [0.25, 0.3) is 5.91 Å². The van der Waals surface area contributed by atoms with Crippen LogP contribution in [0.5, 0.6) is 5.75 Å². The van der Waals surface area contributed by atoms with Gasteiger partial charge >= 0.3 is 0 Å². The first kappa shape index (κ1) is 17.9. The molecule has 26 heavy (non-hydrogen) atoms. The first-order chi connectivity index (χ1) is 12.4. The molecule has 3 aromatic rings. The second-order valence-corrected chi connectivity index (χ2v) is 6.16. The number of imidazole rings is 1. The molecule has 0 aliphatic rings. The number of hydrogen-bond donors (Lipinski definition) is 1. The maximum absolute atomic E-state index is 12.0. The molecule has 0 saturated heterocycles. The van der Waals surface area contributed by atoms with Gasteiger partial charge in [-0.05, 0) is 45.0 Å². The summed E-state index contributed by atoms with van der Waals surface area (Å²) in [6.45, 7) is 5.67. The largest absolute Gasteiger partial charge is 0.484 e. The van der Waals surface area contributed by atoms with E-state index in [4.69, 9.17) is 16.3 Å². The Morgan fingerprint density at radius 2 is 1.81 bits per heavy atom. The molecule has 0 saturated carbocycles. The first-order valence-corrected chi connectivity index (χ1v) is 8.35. The molecular formula is C18H18ClN5O2. The second-order valence-electron chi connectivity index (χ2n) is 5.73. The van der Waals surface area contributed by atoms with Crippen molar-refractivity contribution in [2.45, 2.75) is 20.8 Å². The Balaban J connectivity index is 1.62. The molecule has 1 aromatic carbocycles. The fraction of sp³-hybridized carbons (Fsp3) is 0.222. The summed E-state index contributed by atoms with van der Waals surface area (Å²) in [6, 6.07) is 6.79. The van der Waals surface area contributed by atoms with Gasteiger partial charge in [0.05, 0.1) is 23.8 Å². The van der Waals surface area contributed by atoms with Crippen LogP contribution >= 0.6 is 11.6 Å². The number of anilines is 1. The molecule has 2 aromatic heterocycles. The van der Waals surface area contributed by atoms with Crippen molar-refractivity contribution in [2.75, 3.05) is 11.9 Å². The van der Waals surface area contributed by atoms with E-state index in [1.807, 2.05) is 25.3 Å². The zero-order valence-corrected chi connectivity index (χ0v) is 15.4. The van der Waals surface area contributed by atoms with Crippen molar-refractivity contribution in [3.8, 4) is 11.7 Å². The van der Waals surface area contributed by atoms with Crippen LogP contribution in [0.3, 0.4) is 0 Å². The molecular weight excluding hydrogens is 354 g/mol.